The van der Waals surface area contributed by atoms with E-state index in [0.717, 1.165) is 0 Å². The fourth-order valence-corrected chi connectivity index (χ4v) is 2.14. The second kappa shape index (κ2) is 4.80. The van der Waals surface area contributed by atoms with Crippen LogP contribution in [0.3, 0.4) is 0 Å². The van der Waals surface area contributed by atoms with Crippen LogP contribution < -0.4 is 0 Å². The lowest BCUT2D eigenvalue weighted by atomic mass is 10.2. The maximum absolute atomic E-state index is 12.4. The van der Waals surface area contributed by atoms with E-state index in [0.29, 0.717) is 8.04 Å². The highest BCUT2D eigenvalue weighted by Crippen LogP contribution is 2.30. The van der Waals surface area contributed by atoms with Gasteiger partial charge in [0.25, 0.3) is 11.7 Å². The summed E-state index contributed by atoms with van der Waals surface area (Å²) in [6.07, 6.45) is -1.60. The lowest BCUT2D eigenvalue weighted by Gasteiger charge is -2.07. The van der Waals surface area contributed by atoms with E-state index in [9.17, 15) is 13.6 Å². The van der Waals surface area contributed by atoms with Gasteiger partial charge in [-0.05, 0) is 50.1 Å². The molecular formula is C7H2BrClF2INO. The van der Waals surface area contributed by atoms with Crippen LogP contribution in [0.1, 0.15) is 22.5 Å². The molecule has 0 spiro atoms. The molecule has 0 N–H and O–H groups in total. The number of carbonyl (C=O) groups is 1. The summed E-state index contributed by atoms with van der Waals surface area (Å²) < 4.78 is 25.6. The Balaban J connectivity index is 3.45. The standard InChI is InChI=1S/C7H2BrClF2INO/c8-2-1-13-5(7(10)11)3(4(2)12)6(9)14/h1,7H. The Morgan fingerprint density at radius 2 is 2.21 bits per heavy atom. The molecule has 0 aliphatic rings. The van der Waals surface area contributed by atoms with Gasteiger partial charge in [-0.1, -0.05) is 0 Å². The average molecular weight is 396 g/mol. The maximum Gasteiger partial charge on any atom is 0.281 e. The first-order chi connectivity index (χ1) is 6.45. The summed E-state index contributed by atoms with van der Waals surface area (Å²) >= 11 is 10.0. The number of alkyl halides is 2. The summed E-state index contributed by atoms with van der Waals surface area (Å²) in [5.41, 5.74) is -0.825. The Hall–Kier alpha value is 0.180. The monoisotopic (exact) mass is 395 g/mol. The van der Waals surface area contributed by atoms with Crippen molar-refractivity contribution in [3.63, 3.8) is 0 Å². The van der Waals surface area contributed by atoms with Gasteiger partial charge in [0.05, 0.1) is 5.56 Å². The van der Waals surface area contributed by atoms with Crippen LogP contribution in [0.4, 0.5) is 8.78 Å². The van der Waals surface area contributed by atoms with Crippen LogP contribution in [-0.2, 0) is 0 Å². The van der Waals surface area contributed by atoms with Gasteiger partial charge in [0, 0.05) is 14.2 Å². The van der Waals surface area contributed by atoms with E-state index in [1.165, 1.54) is 6.20 Å². The van der Waals surface area contributed by atoms with Crippen LogP contribution in [0.25, 0.3) is 0 Å². The first-order valence-electron chi connectivity index (χ1n) is 3.27. The third-order valence-corrected chi connectivity index (χ3v) is 4.06. The highest BCUT2D eigenvalue weighted by Gasteiger charge is 2.22. The molecule has 0 aliphatic carbocycles. The minimum atomic E-state index is -2.81. The van der Waals surface area contributed by atoms with Gasteiger partial charge in [-0.3, -0.25) is 9.78 Å². The lowest BCUT2D eigenvalue weighted by Crippen LogP contribution is -2.05. The molecule has 2 nitrogen and oxygen atoms in total. The van der Waals surface area contributed by atoms with Crippen molar-refractivity contribution in [2.24, 2.45) is 0 Å². The summed E-state index contributed by atoms with van der Waals surface area (Å²) in [4.78, 5) is 14.4. The van der Waals surface area contributed by atoms with E-state index < -0.39 is 17.4 Å². The average Bonchev–Trinajstić information content (AvgIpc) is 2.08. The maximum atomic E-state index is 12.4. The summed E-state index contributed by atoms with van der Waals surface area (Å²) in [6.45, 7) is 0. The van der Waals surface area contributed by atoms with Crippen molar-refractivity contribution in [1.29, 1.82) is 0 Å². The molecule has 1 aromatic heterocycles. The van der Waals surface area contributed by atoms with Crippen molar-refractivity contribution in [1.82, 2.24) is 4.98 Å². The quantitative estimate of drug-likeness (QED) is 0.563. The second-order valence-corrected chi connectivity index (χ2v) is 4.53. The van der Waals surface area contributed by atoms with Crippen LogP contribution in [-0.4, -0.2) is 10.2 Å². The molecule has 0 unspecified atom stereocenters. The molecule has 0 atom stereocenters. The van der Waals surface area contributed by atoms with E-state index in [1.807, 2.05) is 0 Å². The largest absolute Gasteiger partial charge is 0.281 e. The molecule has 0 saturated heterocycles. The molecule has 1 rings (SSSR count). The Labute approximate surface area is 105 Å². The molecule has 0 aromatic carbocycles. The number of hydrogen-bond acceptors (Lipinski definition) is 2. The lowest BCUT2D eigenvalue weighted by molar-refractivity contribution is 0.106. The molecule has 14 heavy (non-hydrogen) atoms. The Morgan fingerprint density at radius 1 is 1.64 bits per heavy atom. The Kier molecular flexibility index (Phi) is 4.20. The third-order valence-electron chi connectivity index (χ3n) is 1.41. The van der Waals surface area contributed by atoms with Crippen molar-refractivity contribution in [3.8, 4) is 0 Å². The van der Waals surface area contributed by atoms with Crippen molar-refractivity contribution < 1.29 is 13.6 Å². The van der Waals surface area contributed by atoms with E-state index in [1.54, 1.807) is 22.6 Å². The van der Waals surface area contributed by atoms with Gasteiger partial charge in [-0.15, -0.1) is 0 Å². The van der Waals surface area contributed by atoms with Crippen molar-refractivity contribution >= 4 is 55.4 Å². The molecule has 0 aliphatic heterocycles. The molecule has 0 bridgehead atoms. The summed E-state index contributed by atoms with van der Waals surface area (Å²) in [5, 5.41) is -0.932. The van der Waals surface area contributed by atoms with Crippen LogP contribution in [0, 0.1) is 3.57 Å². The molecule has 1 heterocycles. The number of nitrogens with zero attached hydrogens (tertiary/aromatic N) is 1. The smallest absolute Gasteiger partial charge is 0.275 e. The molecule has 0 saturated carbocycles. The molecule has 0 radical (unpaired) electrons. The van der Waals surface area contributed by atoms with Crippen LogP contribution in [0.15, 0.2) is 10.7 Å². The molecule has 1 aromatic rings. The highest BCUT2D eigenvalue weighted by molar-refractivity contribution is 14.1. The van der Waals surface area contributed by atoms with E-state index in [4.69, 9.17) is 11.6 Å². The Morgan fingerprint density at radius 3 is 2.64 bits per heavy atom. The Bertz CT molecular complexity index is 388. The fraction of sp³-hybridized carbons (Fsp3) is 0.143. The number of hydrogen-bond donors (Lipinski definition) is 0. The minimum absolute atomic E-state index is 0.239. The van der Waals surface area contributed by atoms with Gasteiger partial charge in [-0.2, -0.15) is 0 Å². The number of halogens is 5. The van der Waals surface area contributed by atoms with Crippen LogP contribution in [0.5, 0.6) is 0 Å². The van der Waals surface area contributed by atoms with E-state index >= 15 is 0 Å². The van der Waals surface area contributed by atoms with Gasteiger partial charge in [0.1, 0.15) is 5.69 Å². The summed E-state index contributed by atoms with van der Waals surface area (Å²) in [7, 11) is 0. The van der Waals surface area contributed by atoms with Crippen molar-refractivity contribution in [3.05, 3.63) is 25.5 Å². The van der Waals surface area contributed by atoms with E-state index in [-0.39, 0.29) is 5.56 Å². The number of aromatic nitrogens is 1. The normalized spacial score (nSPS) is 10.7. The zero-order chi connectivity index (χ0) is 10.9. The zero-order valence-corrected chi connectivity index (χ0v) is 10.9. The summed E-state index contributed by atoms with van der Waals surface area (Å²) in [6, 6.07) is 0. The summed E-state index contributed by atoms with van der Waals surface area (Å²) in [5.74, 6) is 0. The number of pyridine rings is 1. The molecule has 0 fully saturated rings. The minimum Gasteiger partial charge on any atom is -0.275 e. The predicted octanol–water partition coefficient (Wildman–Crippen LogP) is 3.77. The number of rotatable bonds is 2. The molecule has 76 valence electrons. The highest BCUT2D eigenvalue weighted by atomic mass is 127. The van der Waals surface area contributed by atoms with Gasteiger partial charge in [-0.25, -0.2) is 8.78 Å². The van der Waals surface area contributed by atoms with Gasteiger partial charge in [0.2, 0.25) is 0 Å². The van der Waals surface area contributed by atoms with Crippen molar-refractivity contribution in [2.75, 3.05) is 0 Å². The molecule has 0 amide bonds. The van der Waals surface area contributed by atoms with Gasteiger partial charge >= 0.3 is 0 Å². The topological polar surface area (TPSA) is 30.0 Å². The zero-order valence-electron chi connectivity index (χ0n) is 6.40. The second-order valence-electron chi connectivity index (χ2n) is 2.25. The van der Waals surface area contributed by atoms with Crippen LogP contribution >= 0.6 is 50.1 Å². The van der Waals surface area contributed by atoms with Gasteiger partial charge in [0.15, 0.2) is 0 Å². The first kappa shape index (κ1) is 12.3. The van der Waals surface area contributed by atoms with Crippen LogP contribution in [0.2, 0.25) is 0 Å². The molecule has 7 heteroatoms. The molecular weight excluding hydrogens is 394 g/mol. The number of carbonyl (C=O) groups excluding carboxylic acids is 1. The first-order valence-corrected chi connectivity index (χ1v) is 5.52. The van der Waals surface area contributed by atoms with Crippen molar-refractivity contribution in [2.45, 2.75) is 6.43 Å². The van der Waals surface area contributed by atoms with E-state index in [2.05, 4.69) is 20.9 Å². The third kappa shape index (κ3) is 2.40. The SMILES string of the molecule is O=C(Cl)c1c(C(F)F)ncc(Br)c1I. The van der Waals surface area contributed by atoms with Gasteiger partial charge < -0.3 is 0 Å². The fourth-order valence-electron chi connectivity index (χ4n) is 0.832. The predicted molar refractivity (Wildman–Crippen MR) is 59.8 cm³/mol.